The molecule has 0 unspecified atom stereocenters. The number of benzene rings is 1. The Morgan fingerprint density at radius 1 is 1.25 bits per heavy atom. The quantitative estimate of drug-likeness (QED) is 0.793. The van der Waals surface area contributed by atoms with Crippen LogP contribution in [0.3, 0.4) is 0 Å². The molecule has 0 aliphatic carbocycles. The summed E-state index contributed by atoms with van der Waals surface area (Å²) in [6.07, 6.45) is 1.61. The highest BCUT2D eigenvalue weighted by Crippen LogP contribution is 2.30. The van der Waals surface area contributed by atoms with Gasteiger partial charge in [-0.25, -0.2) is 8.42 Å². The molecule has 7 heteroatoms. The maximum Gasteiger partial charge on any atom is 0.265 e. The minimum Gasteiger partial charge on any atom is -0.279 e. The number of nitrogens with one attached hydrogen (secondary N) is 1. The third-order valence-electron chi connectivity index (χ3n) is 3.66. The van der Waals surface area contributed by atoms with E-state index in [2.05, 4.69) is 25.8 Å². The normalized spacial score (nSPS) is 12.7. The summed E-state index contributed by atoms with van der Waals surface area (Å²) in [5.41, 5.74) is 1.61. The van der Waals surface area contributed by atoms with Gasteiger partial charge in [0.25, 0.3) is 10.0 Å². The number of aromatic nitrogens is 2. The molecule has 5 nitrogen and oxygen atoms in total. The lowest BCUT2D eigenvalue weighted by molar-refractivity contribution is 0.493. The predicted molar refractivity (Wildman–Crippen MR) is 101 cm³/mol. The van der Waals surface area contributed by atoms with E-state index in [1.807, 2.05) is 53.7 Å². The molecule has 0 bridgehead atoms. The third kappa shape index (κ3) is 4.00. The van der Waals surface area contributed by atoms with Crippen molar-refractivity contribution in [1.29, 1.82) is 0 Å². The molecule has 0 aliphatic rings. The van der Waals surface area contributed by atoms with Gasteiger partial charge in [0.2, 0.25) is 0 Å². The number of hydrogen-bond donors (Lipinski definition) is 1. The van der Waals surface area contributed by atoms with Crippen molar-refractivity contribution in [2.45, 2.75) is 57.9 Å². The van der Waals surface area contributed by atoms with Gasteiger partial charge in [0, 0.05) is 22.1 Å². The van der Waals surface area contributed by atoms with E-state index in [1.165, 1.54) is 0 Å². The number of aryl methyl sites for hydroxylation is 1. The average Bonchev–Trinajstić information content (AvgIpc) is 2.88. The third-order valence-corrected chi connectivity index (χ3v) is 5.52. The molecule has 24 heavy (non-hydrogen) atoms. The highest BCUT2D eigenvalue weighted by Gasteiger charge is 2.30. The van der Waals surface area contributed by atoms with Gasteiger partial charge in [-0.05, 0) is 44.5 Å². The molecule has 1 heterocycles. The van der Waals surface area contributed by atoms with E-state index in [-0.39, 0.29) is 16.4 Å². The first kappa shape index (κ1) is 19.0. The average molecular weight is 414 g/mol. The zero-order valence-electron chi connectivity index (χ0n) is 14.9. The van der Waals surface area contributed by atoms with Crippen LogP contribution < -0.4 is 4.72 Å². The molecule has 0 atom stereocenters. The van der Waals surface area contributed by atoms with Crippen LogP contribution >= 0.6 is 15.9 Å². The van der Waals surface area contributed by atoms with Crippen molar-refractivity contribution < 1.29 is 8.42 Å². The topological polar surface area (TPSA) is 64.0 Å². The molecule has 0 aliphatic heterocycles. The van der Waals surface area contributed by atoms with Gasteiger partial charge in [-0.1, -0.05) is 36.7 Å². The zero-order chi connectivity index (χ0) is 18.3. The number of rotatable bonds is 4. The Hall–Kier alpha value is -1.34. The Morgan fingerprint density at radius 3 is 2.38 bits per heavy atom. The van der Waals surface area contributed by atoms with Crippen molar-refractivity contribution in [3.05, 3.63) is 40.1 Å². The van der Waals surface area contributed by atoms with Gasteiger partial charge in [0.05, 0.1) is 11.4 Å². The molecule has 1 aromatic heterocycles. The second-order valence-corrected chi connectivity index (χ2v) is 9.80. The van der Waals surface area contributed by atoms with Crippen LogP contribution in [0, 0.1) is 6.92 Å². The minimum absolute atomic E-state index is 0.0875. The van der Waals surface area contributed by atoms with Gasteiger partial charge in [-0.15, -0.1) is 0 Å². The summed E-state index contributed by atoms with van der Waals surface area (Å²) >= 11 is 3.39. The van der Waals surface area contributed by atoms with E-state index in [9.17, 15) is 8.42 Å². The van der Waals surface area contributed by atoms with Crippen LogP contribution in [0.25, 0.3) is 0 Å². The second kappa shape index (κ2) is 6.52. The van der Waals surface area contributed by atoms with Crippen LogP contribution in [0.1, 0.15) is 51.9 Å². The fourth-order valence-corrected chi connectivity index (χ4v) is 4.25. The number of halogens is 1. The minimum atomic E-state index is -3.72. The highest BCUT2D eigenvalue weighted by molar-refractivity contribution is 9.10. The van der Waals surface area contributed by atoms with Crippen LogP contribution in [0.5, 0.6) is 0 Å². The van der Waals surface area contributed by atoms with Crippen molar-refractivity contribution in [3.8, 4) is 0 Å². The molecule has 2 rings (SSSR count). The van der Waals surface area contributed by atoms with Gasteiger partial charge in [0.15, 0.2) is 0 Å². The van der Waals surface area contributed by atoms with E-state index in [1.54, 1.807) is 16.9 Å². The van der Waals surface area contributed by atoms with Crippen LogP contribution in [0.15, 0.2) is 33.8 Å². The molecule has 2 aromatic rings. The van der Waals surface area contributed by atoms with Crippen molar-refractivity contribution in [3.63, 3.8) is 0 Å². The number of anilines is 1. The van der Waals surface area contributed by atoms with E-state index in [0.717, 1.165) is 10.0 Å². The lowest BCUT2D eigenvalue weighted by Crippen LogP contribution is -2.20. The maximum atomic E-state index is 13.0. The molecule has 0 fully saturated rings. The van der Waals surface area contributed by atoms with Crippen molar-refractivity contribution in [2.75, 3.05) is 4.72 Å². The lowest BCUT2D eigenvalue weighted by Gasteiger charge is -2.18. The van der Waals surface area contributed by atoms with Crippen molar-refractivity contribution >= 4 is 31.6 Å². The largest absolute Gasteiger partial charge is 0.279 e. The van der Waals surface area contributed by atoms with Crippen LogP contribution in [-0.2, 0) is 15.4 Å². The summed E-state index contributed by atoms with van der Waals surface area (Å²) in [6.45, 7) is 11.7. The lowest BCUT2D eigenvalue weighted by atomic mass is 9.92. The zero-order valence-corrected chi connectivity index (χ0v) is 17.3. The van der Waals surface area contributed by atoms with E-state index in [4.69, 9.17) is 0 Å². The Labute approximate surface area is 152 Å². The fraction of sp³-hybridized carbons (Fsp3) is 0.471. The van der Waals surface area contributed by atoms with Crippen molar-refractivity contribution in [1.82, 2.24) is 9.78 Å². The molecule has 1 aromatic carbocycles. The monoisotopic (exact) mass is 413 g/mol. The molecule has 0 amide bonds. The summed E-state index contributed by atoms with van der Waals surface area (Å²) in [5, 5.41) is 4.52. The fourth-order valence-electron chi connectivity index (χ4n) is 2.30. The maximum absolute atomic E-state index is 13.0. The SMILES string of the molecule is Cc1cc(Br)ccc1NS(=O)(=O)c1cn(C(C)C)nc1C(C)(C)C. The van der Waals surface area contributed by atoms with Gasteiger partial charge in [-0.3, -0.25) is 9.40 Å². The summed E-state index contributed by atoms with van der Waals surface area (Å²) in [6, 6.07) is 5.53. The summed E-state index contributed by atoms with van der Waals surface area (Å²) in [5.74, 6) is 0. The molecular weight excluding hydrogens is 390 g/mol. The Balaban J connectivity index is 2.52. The summed E-state index contributed by atoms with van der Waals surface area (Å²) in [7, 11) is -3.72. The van der Waals surface area contributed by atoms with Crippen LogP contribution in [-0.4, -0.2) is 18.2 Å². The van der Waals surface area contributed by atoms with Gasteiger partial charge >= 0.3 is 0 Å². The predicted octanol–water partition coefficient (Wildman–Crippen LogP) is 4.63. The van der Waals surface area contributed by atoms with Gasteiger partial charge in [-0.2, -0.15) is 5.10 Å². The first-order valence-electron chi connectivity index (χ1n) is 7.80. The molecule has 0 saturated heterocycles. The van der Waals surface area contributed by atoms with Crippen LogP contribution in [0.2, 0.25) is 0 Å². The molecule has 0 radical (unpaired) electrons. The first-order valence-corrected chi connectivity index (χ1v) is 10.1. The van der Waals surface area contributed by atoms with E-state index >= 15 is 0 Å². The molecule has 1 N–H and O–H groups in total. The number of sulfonamides is 1. The molecule has 0 saturated carbocycles. The molecular formula is C17H24BrN3O2S. The summed E-state index contributed by atoms with van der Waals surface area (Å²) < 4.78 is 31.2. The van der Waals surface area contributed by atoms with Crippen molar-refractivity contribution in [2.24, 2.45) is 0 Å². The van der Waals surface area contributed by atoms with Crippen LogP contribution in [0.4, 0.5) is 5.69 Å². The number of hydrogen-bond acceptors (Lipinski definition) is 3. The first-order chi connectivity index (χ1) is 10.9. The standard InChI is InChI=1S/C17H24BrN3O2S/c1-11(2)21-10-15(16(19-21)17(4,5)6)24(22,23)20-14-8-7-13(18)9-12(14)3/h7-11,20H,1-6H3. The Bertz CT molecular complexity index is 849. The second-order valence-electron chi connectivity index (χ2n) is 7.23. The Morgan fingerprint density at radius 2 is 1.88 bits per heavy atom. The van der Waals surface area contributed by atoms with E-state index in [0.29, 0.717) is 11.4 Å². The van der Waals surface area contributed by atoms with E-state index < -0.39 is 10.0 Å². The van der Waals surface area contributed by atoms with Gasteiger partial charge < -0.3 is 0 Å². The smallest absolute Gasteiger partial charge is 0.265 e. The molecule has 0 spiro atoms. The number of nitrogens with zero attached hydrogens (tertiary/aromatic N) is 2. The molecule has 132 valence electrons. The summed E-state index contributed by atoms with van der Waals surface area (Å²) in [4.78, 5) is 0.228. The Kier molecular flexibility index (Phi) is 5.16. The highest BCUT2D eigenvalue weighted by atomic mass is 79.9. The van der Waals surface area contributed by atoms with Gasteiger partial charge in [0.1, 0.15) is 4.90 Å².